The average Bonchev–Trinajstić information content (AvgIpc) is 2.68. The molecule has 26 heavy (non-hydrogen) atoms. The molecule has 0 spiro atoms. The first-order chi connectivity index (χ1) is 12.7. The van der Waals surface area contributed by atoms with Crippen molar-refractivity contribution in [3.05, 3.63) is 30.1 Å². The molecule has 2 aliphatic rings. The van der Waals surface area contributed by atoms with E-state index in [1.54, 1.807) is 12.1 Å². The van der Waals surface area contributed by atoms with Crippen molar-refractivity contribution in [1.82, 2.24) is 9.80 Å². The summed E-state index contributed by atoms with van der Waals surface area (Å²) in [7, 11) is 0. The molecule has 0 aliphatic carbocycles. The molecule has 1 aromatic rings. The number of likely N-dealkylation sites (tertiary alicyclic amines) is 1. The number of rotatable bonds is 6. The van der Waals surface area contributed by atoms with Gasteiger partial charge in [0.15, 0.2) is 0 Å². The molecule has 2 aliphatic heterocycles. The molecule has 1 amide bonds. The molecule has 1 N–H and O–H groups in total. The Balaban J connectivity index is 1.44. The summed E-state index contributed by atoms with van der Waals surface area (Å²) in [5.41, 5.74) is 1.01. The van der Waals surface area contributed by atoms with Crippen LogP contribution in [0.4, 0.5) is 10.1 Å². The van der Waals surface area contributed by atoms with Crippen molar-refractivity contribution in [1.29, 1.82) is 0 Å². The predicted molar refractivity (Wildman–Crippen MR) is 101 cm³/mol. The Morgan fingerprint density at radius 3 is 2.50 bits per heavy atom. The molecule has 2 fully saturated rings. The van der Waals surface area contributed by atoms with Crippen LogP contribution >= 0.6 is 0 Å². The Morgan fingerprint density at radius 1 is 1.08 bits per heavy atom. The van der Waals surface area contributed by atoms with Gasteiger partial charge in [-0.15, -0.1) is 0 Å². The van der Waals surface area contributed by atoms with Crippen LogP contribution in [-0.2, 0) is 4.79 Å². The number of hydrogen-bond acceptors (Lipinski definition) is 4. The van der Waals surface area contributed by atoms with Crippen molar-refractivity contribution in [2.75, 3.05) is 50.8 Å². The summed E-state index contributed by atoms with van der Waals surface area (Å²) in [6, 6.07) is 6.98. The molecule has 1 aromatic carbocycles. The highest BCUT2D eigenvalue weighted by Gasteiger charge is 2.25. The van der Waals surface area contributed by atoms with Gasteiger partial charge in [0.2, 0.25) is 5.91 Å². The van der Waals surface area contributed by atoms with E-state index in [4.69, 9.17) is 0 Å². The SMILES string of the molecule is O=C(CCN1CCCCC1CCO)N1CCN(c2ccc(F)cc2)CC1. The molecule has 1 unspecified atom stereocenters. The van der Waals surface area contributed by atoms with E-state index in [9.17, 15) is 14.3 Å². The molecule has 144 valence electrons. The third-order valence-corrected chi connectivity index (χ3v) is 5.65. The summed E-state index contributed by atoms with van der Waals surface area (Å²) in [6.45, 7) is 5.06. The van der Waals surface area contributed by atoms with Gasteiger partial charge in [-0.3, -0.25) is 9.69 Å². The molecule has 3 rings (SSSR count). The number of anilines is 1. The van der Waals surface area contributed by atoms with Crippen LogP contribution in [0.1, 0.15) is 32.1 Å². The second kappa shape index (κ2) is 9.33. The summed E-state index contributed by atoms with van der Waals surface area (Å²) in [4.78, 5) is 19.1. The van der Waals surface area contributed by atoms with Gasteiger partial charge in [-0.2, -0.15) is 0 Å². The number of aliphatic hydroxyl groups is 1. The lowest BCUT2D eigenvalue weighted by Crippen LogP contribution is -2.49. The highest BCUT2D eigenvalue weighted by Crippen LogP contribution is 2.20. The van der Waals surface area contributed by atoms with Gasteiger partial charge in [-0.05, 0) is 50.1 Å². The van der Waals surface area contributed by atoms with Gasteiger partial charge < -0.3 is 14.9 Å². The molecule has 2 saturated heterocycles. The predicted octanol–water partition coefficient (Wildman–Crippen LogP) is 2.10. The van der Waals surface area contributed by atoms with E-state index in [-0.39, 0.29) is 18.3 Å². The first-order valence-corrected chi connectivity index (χ1v) is 9.80. The van der Waals surface area contributed by atoms with E-state index in [0.29, 0.717) is 12.5 Å². The largest absolute Gasteiger partial charge is 0.396 e. The van der Waals surface area contributed by atoms with Crippen LogP contribution in [0.5, 0.6) is 0 Å². The van der Waals surface area contributed by atoms with Gasteiger partial charge >= 0.3 is 0 Å². The highest BCUT2D eigenvalue weighted by molar-refractivity contribution is 5.76. The number of amides is 1. The number of nitrogens with zero attached hydrogens (tertiary/aromatic N) is 3. The Morgan fingerprint density at radius 2 is 1.81 bits per heavy atom. The first kappa shape index (κ1) is 19.1. The number of piperazine rings is 1. The van der Waals surface area contributed by atoms with Gasteiger partial charge in [-0.1, -0.05) is 6.42 Å². The smallest absolute Gasteiger partial charge is 0.223 e. The Kier molecular flexibility index (Phi) is 6.86. The zero-order valence-electron chi connectivity index (χ0n) is 15.4. The maximum Gasteiger partial charge on any atom is 0.223 e. The number of piperidine rings is 1. The number of hydrogen-bond donors (Lipinski definition) is 1. The summed E-state index contributed by atoms with van der Waals surface area (Å²) >= 11 is 0. The van der Waals surface area contributed by atoms with Crippen molar-refractivity contribution in [2.24, 2.45) is 0 Å². The van der Waals surface area contributed by atoms with Gasteiger partial charge in [-0.25, -0.2) is 4.39 Å². The fraction of sp³-hybridized carbons (Fsp3) is 0.650. The van der Waals surface area contributed by atoms with Crippen LogP contribution in [0, 0.1) is 5.82 Å². The molecule has 2 heterocycles. The molecular formula is C20H30FN3O2. The summed E-state index contributed by atoms with van der Waals surface area (Å²) < 4.78 is 13.0. The van der Waals surface area contributed by atoms with Crippen LogP contribution in [-0.4, -0.2) is 72.7 Å². The van der Waals surface area contributed by atoms with E-state index in [2.05, 4.69) is 9.80 Å². The summed E-state index contributed by atoms with van der Waals surface area (Å²) in [5, 5.41) is 9.22. The van der Waals surface area contributed by atoms with Crippen LogP contribution < -0.4 is 4.90 Å². The second-order valence-corrected chi connectivity index (χ2v) is 7.29. The molecular weight excluding hydrogens is 333 g/mol. The Hall–Kier alpha value is -1.66. The zero-order chi connectivity index (χ0) is 18.4. The van der Waals surface area contributed by atoms with Crippen molar-refractivity contribution >= 4 is 11.6 Å². The van der Waals surface area contributed by atoms with Gasteiger partial charge in [0.1, 0.15) is 5.82 Å². The van der Waals surface area contributed by atoms with Crippen LogP contribution in [0.3, 0.4) is 0 Å². The van der Waals surface area contributed by atoms with Gasteiger partial charge in [0.05, 0.1) is 0 Å². The van der Waals surface area contributed by atoms with Crippen molar-refractivity contribution < 1.29 is 14.3 Å². The third-order valence-electron chi connectivity index (χ3n) is 5.65. The van der Waals surface area contributed by atoms with E-state index in [1.807, 2.05) is 4.90 Å². The molecule has 0 aromatic heterocycles. The molecule has 1 atom stereocenters. The van der Waals surface area contributed by atoms with Crippen LogP contribution in [0.15, 0.2) is 24.3 Å². The summed E-state index contributed by atoms with van der Waals surface area (Å²) in [6.07, 6.45) is 4.90. The minimum absolute atomic E-state index is 0.220. The van der Waals surface area contributed by atoms with E-state index in [1.165, 1.54) is 25.0 Å². The first-order valence-electron chi connectivity index (χ1n) is 9.80. The fourth-order valence-corrected chi connectivity index (χ4v) is 4.09. The van der Waals surface area contributed by atoms with E-state index < -0.39 is 0 Å². The number of aliphatic hydroxyl groups excluding tert-OH is 1. The minimum atomic E-state index is -0.222. The topological polar surface area (TPSA) is 47.0 Å². The second-order valence-electron chi connectivity index (χ2n) is 7.29. The van der Waals surface area contributed by atoms with Crippen LogP contribution in [0.2, 0.25) is 0 Å². The molecule has 0 bridgehead atoms. The average molecular weight is 363 g/mol. The highest BCUT2D eigenvalue weighted by atomic mass is 19.1. The molecule has 5 nitrogen and oxygen atoms in total. The number of carbonyl (C=O) groups is 1. The van der Waals surface area contributed by atoms with Crippen LogP contribution in [0.25, 0.3) is 0 Å². The van der Waals surface area contributed by atoms with Crippen molar-refractivity contribution in [3.8, 4) is 0 Å². The zero-order valence-corrected chi connectivity index (χ0v) is 15.4. The number of benzene rings is 1. The van der Waals surface area contributed by atoms with Crippen molar-refractivity contribution in [2.45, 2.75) is 38.1 Å². The lowest BCUT2D eigenvalue weighted by atomic mass is 9.99. The van der Waals surface area contributed by atoms with E-state index in [0.717, 1.165) is 57.8 Å². The summed E-state index contributed by atoms with van der Waals surface area (Å²) in [5.74, 6) is -0.00291. The maximum atomic E-state index is 13.0. The lowest BCUT2D eigenvalue weighted by molar-refractivity contribution is -0.132. The monoisotopic (exact) mass is 363 g/mol. The maximum absolute atomic E-state index is 13.0. The van der Waals surface area contributed by atoms with Gasteiger partial charge in [0.25, 0.3) is 0 Å². The molecule has 0 saturated carbocycles. The van der Waals surface area contributed by atoms with Gasteiger partial charge in [0, 0.05) is 57.5 Å². The number of halogens is 1. The lowest BCUT2D eigenvalue weighted by Gasteiger charge is -2.38. The quantitative estimate of drug-likeness (QED) is 0.841. The Labute approximate surface area is 155 Å². The standard InChI is InChI=1S/C20H30FN3O2/c21-17-4-6-19(7-5-17)23-12-14-24(15-13-23)20(26)8-11-22-10-2-1-3-18(22)9-16-25/h4-7,18,25H,1-3,8-16H2. The number of carbonyl (C=O) groups excluding carboxylic acids is 1. The normalized spacial score (nSPS) is 21.8. The van der Waals surface area contributed by atoms with E-state index >= 15 is 0 Å². The molecule has 6 heteroatoms. The fourth-order valence-electron chi connectivity index (χ4n) is 4.09. The molecule has 0 radical (unpaired) electrons. The van der Waals surface area contributed by atoms with Crippen molar-refractivity contribution in [3.63, 3.8) is 0 Å². The minimum Gasteiger partial charge on any atom is -0.396 e. The third kappa shape index (κ3) is 4.95. The Bertz CT molecular complexity index is 571.